The number of hydrogen-bond acceptors (Lipinski definition) is 2. The van der Waals surface area contributed by atoms with Gasteiger partial charge in [0.2, 0.25) is 0 Å². The maximum atomic E-state index is 12.7. The first-order valence-electron chi connectivity index (χ1n) is 5.47. The molecule has 6 heteroatoms. The van der Waals surface area contributed by atoms with Crippen LogP contribution in [0.15, 0.2) is 30.5 Å². The van der Waals surface area contributed by atoms with Crippen molar-refractivity contribution in [3.8, 4) is 0 Å². The number of aromatic amines is 1. The predicted octanol–water partition coefficient (Wildman–Crippen LogP) is 2.41. The van der Waals surface area contributed by atoms with Crippen LogP contribution in [0.25, 0.3) is 0 Å². The predicted molar refractivity (Wildman–Crippen MR) is 66.8 cm³/mol. The van der Waals surface area contributed by atoms with Gasteiger partial charge in [-0.1, -0.05) is 0 Å². The zero-order valence-electron chi connectivity index (χ0n) is 10.0. The summed E-state index contributed by atoms with van der Waals surface area (Å²) in [7, 11) is 0. The number of carboxylic acids is 1. The Balaban J connectivity index is 2.24. The van der Waals surface area contributed by atoms with Crippen molar-refractivity contribution < 1.29 is 19.1 Å². The van der Waals surface area contributed by atoms with Gasteiger partial charge in [0.25, 0.3) is 5.91 Å². The summed E-state index contributed by atoms with van der Waals surface area (Å²) in [5.41, 5.74) is 0.883. The molecule has 0 aliphatic heterocycles. The first-order valence-corrected chi connectivity index (χ1v) is 5.47. The van der Waals surface area contributed by atoms with E-state index in [1.165, 1.54) is 18.3 Å². The third-order valence-electron chi connectivity index (χ3n) is 2.65. The lowest BCUT2D eigenvalue weighted by molar-refractivity contribution is 0.0697. The van der Waals surface area contributed by atoms with Crippen LogP contribution in [0.1, 0.15) is 26.4 Å². The fourth-order valence-corrected chi connectivity index (χ4v) is 1.70. The topological polar surface area (TPSA) is 82.2 Å². The minimum atomic E-state index is -1.13. The Kier molecular flexibility index (Phi) is 3.33. The van der Waals surface area contributed by atoms with Gasteiger partial charge in [0.05, 0.1) is 5.69 Å². The van der Waals surface area contributed by atoms with Gasteiger partial charge in [0.1, 0.15) is 11.4 Å². The molecule has 2 rings (SSSR count). The molecule has 0 saturated carbocycles. The number of aromatic carboxylic acids is 1. The minimum absolute atomic E-state index is 0.00969. The van der Waals surface area contributed by atoms with E-state index in [0.717, 1.165) is 12.1 Å². The van der Waals surface area contributed by atoms with E-state index in [1.54, 1.807) is 6.92 Å². The molecule has 19 heavy (non-hydrogen) atoms. The standard InChI is InChI=1S/C13H11FN2O3/c1-7-11(13(18)19)10(6-15-7)16-12(17)8-2-4-9(14)5-3-8/h2-6,15H,1H3,(H,16,17)(H,18,19). The summed E-state index contributed by atoms with van der Waals surface area (Å²) in [5.74, 6) is -2.07. The number of H-pyrrole nitrogens is 1. The number of carbonyl (C=O) groups is 2. The lowest BCUT2D eigenvalue weighted by atomic mass is 10.2. The molecular weight excluding hydrogens is 251 g/mol. The van der Waals surface area contributed by atoms with Gasteiger partial charge in [-0.05, 0) is 31.2 Å². The van der Waals surface area contributed by atoms with Crippen LogP contribution >= 0.6 is 0 Å². The quantitative estimate of drug-likeness (QED) is 0.794. The van der Waals surface area contributed by atoms with Crippen LogP contribution in [-0.2, 0) is 0 Å². The third kappa shape index (κ3) is 2.62. The number of nitrogens with one attached hydrogen (secondary N) is 2. The molecule has 1 aromatic carbocycles. The molecule has 1 amide bonds. The molecule has 5 nitrogen and oxygen atoms in total. The fraction of sp³-hybridized carbons (Fsp3) is 0.0769. The summed E-state index contributed by atoms with van der Waals surface area (Å²) in [6, 6.07) is 4.97. The van der Waals surface area contributed by atoms with Gasteiger partial charge in [-0.25, -0.2) is 9.18 Å². The highest BCUT2D eigenvalue weighted by atomic mass is 19.1. The number of anilines is 1. The largest absolute Gasteiger partial charge is 0.478 e. The number of hydrogen-bond donors (Lipinski definition) is 3. The summed E-state index contributed by atoms with van der Waals surface area (Å²) >= 11 is 0. The summed E-state index contributed by atoms with van der Waals surface area (Å²) in [4.78, 5) is 25.6. The van der Waals surface area contributed by atoms with E-state index in [4.69, 9.17) is 5.11 Å². The van der Waals surface area contributed by atoms with Gasteiger partial charge in [0.15, 0.2) is 0 Å². The average molecular weight is 262 g/mol. The van der Waals surface area contributed by atoms with Crippen LogP contribution in [0.2, 0.25) is 0 Å². The van der Waals surface area contributed by atoms with Crippen molar-refractivity contribution in [2.75, 3.05) is 5.32 Å². The minimum Gasteiger partial charge on any atom is -0.478 e. The van der Waals surface area contributed by atoms with Gasteiger partial charge < -0.3 is 15.4 Å². The monoisotopic (exact) mass is 262 g/mol. The number of carbonyl (C=O) groups excluding carboxylic acids is 1. The average Bonchev–Trinajstić information content (AvgIpc) is 2.71. The zero-order valence-corrected chi connectivity index (χ0v) is 10.0. The van der Waals surface area contributed by atoms with Crippen LogP contribution in [-0.4, -0.2) is 22.0 Å². The number of rotatable bonds is 3. The smallest absolute Gasteiger partial charge is 0.339 e. The van der Waals surface area contributed by atoms with E-state index >= 15 is 0 Å². The number of benzene rings is 1. The Hall–Kier alpha value is -2.63. The Morgan fingerprint density at radius 3 is 2.47 bits per heavy atom. The normalized spacial score (nSPS) is 10.2. The summed E-state index contributed by atoms with van der Waals surface area (Å²) < 4.78 is 12.7. The highest BCUT2D eigenvalue weighted by Gasteiger charge is 2.17. The van der Waals surface area contributed by atoms with E-state index in [2.05, 4.69) is 10.3 Å². The van der Waals surface area contributed by atoms with Crippen molar-refractivity contribution in [3.63, 3.8) is 0 Å². The Bertz CT molecular complexity index is 632. The second kappa shape index (κ2) is 4.93. The molecule has 0 radical (unpaired) electrons. The molecule has 1 heterocycles. The van der Waals surface area contributed by atoms with E-state index in [1.807, 2.05) is 0 Å². The van der Waals surface area contributed by atoms with Gasteiger partial charge in [-0.15, -0.1) is 0 Å². The first kappa shape index (κ1) is 12.8. The maximum absolute atomic E-state index is 12.7. The molecule has 98 valence electrons. The van der Waals surface area contributed by atoms with Crippen LogP contribution in [0, 0.1) is 12.7 Å². The van der Waals surface area contributed by atoms with Gasteiger partial charge in [-0.3, -0.25) is 4.79 Å². The van der Waals surface area contributed by atoms with E-state index in [-0.39, 0.29) is 16.8 Å². The molecule has 0 bridgehead atoms. The van der Waals surface area contributed by atoms with Crippen LogP contribution < -0.4 is 5.32 Å². The van der Waals surface area contributed by atoms with E-state index < -0.39 is 17.7 Å². The van der Waals surface area contributed by atoms with Gasteiger partial charge in [0, 0.05) is 17.5 Å². The van der Waals surface area contributed by atoms with Crippen molar-refractivity contribution in [3.05, 3.63) is 53.1 Å². The summed E-state index contributed by atoms with van der Waals surface area (Å²) in [6.07, 6.45) is 1.40. The van der Waals surface area contributed by atoms with Gasteiger partial charge in [-0.2, -0.15) is 0 Å². The molecule has 0 unspecified atom stereocenters. The maximum Gasteiger partial charge on any atom is 0.339 e. The number of aryl methyl sites for hydroxylation is 1. The van der Waals surface area contributed by atoms with Crippen molar-refractivity contribution in [2.24, 2.45) is 0 Å². The second-order valence-corrected chi connectivity index (χ2v) is 3.97. The zero-order chi connectivity index (χ0) is 14.0. The lowest BCUT2D eigenvalue weighted by Crippen LogP contribution is -2.14. The van der Waals surface area contributed by atoms with Gasteiger partial charge >= 0.3 is 5.97 Å². The highest BCUT2D eigenvalue weighted by molar-refractivity contribution is 6.08. The molecule has 0 aliphatic carbocycles. The SMILES string of the molecule is Cc1[nH]cc(NC(=O)c2ccc(F)cc2)c1C(=O)O. The Morgan fingerprint density at radius 2 is 1.89 bits per heavy atom. The molecular formula is C13H11FN2O3. The van der Waals surface area contributed by atoms with Crippen LogP contribution in [0.3, 0.4) is 0 Å². The molecule has 0 atom stereocenters. The Labute approximate surface area is 108 Å². The first-order chi connectivity index (χ1) is 8.99. The van der Waals surface area contributed by atoms with E-state index in [0.29, 0.717) is 5.69 Å². The Morgan fingerprint density at radius 1 is 1.26 bits per heavy atom. The lowest BCUT2D eigenvalue weighted by Gasteiger charge is -2.04. The molecule has 0 fully saturated rings. The summed E-state index contributed by atoms with van der Waals surface area (Å²) in [6.45, 7) is 1.59. The highest BCUT2D eigenvalue weighted by Crippen LogP contribution is 2.19. The van der Waals surface area contributed by atoms with Crippen LogP contribution in [0.5, 0.6) is 0 Å². The number of aromatic nitrogens is 1. The molecule has 2 aromatic rings. The fourth-order valence-electron chi connectivity index (χ4n) is 1.70. The van der Waals surface area contributed by atoms with Crippen molar-refractivity contribution in [1.29, 1.82) is 0 Å². The molecule has 1 aromatic heterocycles. The molecule has 0 spiro atoms. The molecule has 0 saturated heterocycles. The third-order valence-corrected chi connectivity index (χ3v) is 2.65. The molecule has 3 N–H and O–H groups in total. The van der Waals surface area contributed by atoms with Crippen LogP contribution in [0.4, 0.5) is 10.1 Å². The van der Waals surface area contributed by atoms with Crippen molar-refractivity contribution >= 4 is 17.6 Å². The number of amides is 1. The van der Waals surface area contributed by atoms with E-state index in [9.17, 15) is 14.0 Å². The number of carboxylic acid groups (broad SMARTS) is 1. The van der Waals surface area contributed by atoms with Crippen molar-refractivity contribution in [2.45, 2.75) is 6.92 Å². The molecule has 0 aliphatic rings. The summed E-state index contributed by atoms with van der Waals surface area (Å²) in [5, 5.41) is 11.5. The number of halogens is 1. The second-order valence-electron chi connectivity index (χ2n) is 3.97. The van der Waals surface area contributed by atoms with Crippen molar-refractivity contribution in [1.82, 2.24) is 4.98 Å².